The van der Waals surface area contributed by atoms with Crippen LogP contribution in [0, 0.1) is 23.7 Å². The van der Waals surface area contributed by atoms with E-state index in [0.717, 1.165) is 11.1 Å². The standard InChI is InChI=1S/C30H20O2/c31-29(21-19-23-11-3-1-4-12-23)25-15-7-9-17-27(25)30(32,28-18-10-8-16-26(28)29)22-20-24-13-5-2-6-14-24/h1-18,31-32H. The van der Waals surface area contributed by atoms with Crippen LogP contribution >= 0.6 is 0 Å². The van der Waals surface area contributed by atoms with Crippen LogP contribution in [0.4, 0.5) is 0 Å². The normalized spacial score (nSPS) is 20.6. The minimum Gasteiger partial charge on any atom is -0.369 e. The molecule has 152 valence electrons. The molecule has 2 nitrogen and oxygen atoms in total. The molecule has 4 aromatic carbocycles. The Morgan fingerprint density at radius 3 is 1.00 bits per heavy atom. The zero-order valence-electron chi connectivity index (χ0n) is 17.3. The Labute approximate surface area is 187 Å². The Hall–Kier alpha value is -4.08. The van der Waals surface area contributed by atoms with Gasteiger partial charge in [-0.2, -0.15) is 0 Å². The molecule has 2 N–H and O–H groups in total. The summed E-state index contributed by atoms with van der Waals surface area (Å²) >= 11 is 0. The summed E-state index contributed by atoms with van der Waals surface area (Å²) in [6, 6.07) is 33.7. The van der Waals surface area contributed by atoms with Crippen LogP contribution in [-0.2, 0) is 11.2 Å². The van der Waals surface area contributed by atoms with Crippen LogP contribution in [0.5, 0.6) is 0 Å². The van der Waals surface area contributed by atoms with E-state index in [2.05, 4.69) is 23.7 Å². The number of hydrogen-bond acceptors (Lipinski definition) is 2. The fourth-order valence-corrected chi connectivity index (χ4v) is 4.16. The average Bonchev–Trinajstić information content (AvgIpc) is 2.87. The molecule has 32 heavy (non-hydrogen) atoms. The van der Waals surface area contributed by atoms with Crippen molar-refractivity contribution in [3.63, 3.8) is 0 Å². The highest BCUT2D eigenvalue weighted by molar-refractivity contribution is 5.64. The van der Waals surface area contributed by atoms with Crippen molar-refractivity contribution in [2.75, 3.05) is 0 Å². The minimum atomic E-state index is -1.58. The van der Waals surface area contributed by atoms with Gasteiger partial charge >= 0.3 is 0 Å². The second-order valence-electron chi connectivity index (χ2n) is 7.74. The highest BCUT2D eigenvalue weighted by atomic mass is 16.3. The van der Waals surface area contributed by atoms with E-state index in [9.17, 15) is 10.2 Å². The molecule has 0 unspecified atom stereocenters. The van der Waals surface area contributed by atoms with Gasteiger partial charge in [0.15, 0.2) is 11.2 Å². The zero-order valence-corrected chi connectivity index (χ0v) is 17.3. The quantitative estimate of drug-likeness (QED) is 0.415. The Kier molecular flexibility index (Phi) is 4.89. The van der Waals surface area contributed by atoms with Gasteiger partial charge in [0.2, 0.25) is 0 Å². The molecule has 1 aliphatic rings. The van der Waals surface area contributed by atoms with E-state index in [1.165, 1.54) is 0 Å². The van der Waals surface area contributed by atoms with Crippen LogP contribution in [0.3, 0.4) is 0 Å². The van der Waals surface area contributed by atoms with Crippen molar-refractivity contribution in [1.29, 1.82) is 0 Å². The van der Waals surface area contributed by atoms with Gasteiger partial charge in [-0.15, -0.1) is 0 Å². The highest BCUT2D eigenvalue weighted by Crippen LogP contribution is 2.47. The van der Waals surface area contributed by atoms with Crippen LogP contribution in [0.2, 0.25) is 0 Å². The maximum atomic E-state index is 11.9. The molecule has 4 aromatic rings. The highest BCUT2D eigenvalue weighted by Gasteiger charge is 2.48. The largest absolute Gasteiger partial charge is 0.369 e. The van der Waals surface area contributed by atoms with Gasteiger partial charge in [0.25, 0.3) is 0 Å². The van der Waals surface area contributed by atoms with Gasteiger partial charge in [0.1, 0.15) is 0 Å². The minimum absolute atomic E-state index is 0.534. The third kappa shape index (κ3) is 3.29. The molecule has 0 spiro atoms. The second-order valence-corrected chi connectivity index (χ2v) is 7.74. The monoisotopic (exact) mass is 412 g/mol. The number of benzene rings is 4. The fraction of sp³-hybridized carbons (Fsp3) is 0.0667. The summed E-state index contributed by atoms with van der Waals surface area (Å²) in [5.74, 6) is 12.4. The maximum Gasteiger partial charge on any atom is 0.178 e. The summed E-state index contributed by atoms with van der Waals surface area (Å²) in [4.78, 5) is 0. The third-order valence-electron chi connectivity index (χ3n) is 5.74. The van der Waals surface area contributed by atoms with Crippen LogP contribution in [-0.4, -0.2) is 10.2 Å². The van der Waals surface area contributed by atoms with E-state index < -0.39 is 11.2 Å². The molecule has 0 fully saturated rings. The zero-order chi connectivity index (χ0) is 22.0. The van der Waals surface area contributed by atoms with Crippen LogP contribution in [0.15, 0.2) is 109 Å². The van der Waals surface area contributed by atoms with Gasteiger partial charge in [-0.1, -0.05) is 109 Å². The number of aliphatic hydroxyl groups is 2. The van der Waals surface area contributed by atoms with Crippen molar-refractivity contribution in [3.8, 4) is 23.7 Å². The first kappa shape index (κ1) is 19.9. The third-order valence-corrected chi connectivity index (χ3v) is 5.74. The molecular formula is C30H20O2. The van der Waals surface area contributed by atoms with E-state index in [-0.39, 0.29) is 0 Å². The molecule has 0 atom stereocenters. The smallest absolute Gasteiger partial charge is 0.178 e. The first-order valence-electron chi connectivity index (χ1n) is 10.4. The Morgan fingerprint density at radius 1 is 0.406 bits per heavy atom. The molecule has 0 amide bonds. The predicted octanol–water partition coefficient (Wildman–Crippen LogP) is 4.58. The average molecular weight is 412 g/mol. The molecular weight excluding hydrogens is 392 g/mol. The lowest BCUT2D eigenvalue weighted by atomic mass is 9.68. The lowest BCUT2D eigenvalue weighted by Gasteiger charge is -2.39. The molecule has 0 radical (unpaired) electrons. The van der Waals surface area contributed by atoms with Crippen molar-refractivity contribution >= 4 is 0 Å². The van der Waals surface area contributed by atoms with E-state index in [1.54, 1.807) is 24.3 Å². The fourth-order valence-electron chi connectivity index (χ4n) is 4.16. The molecule has 5 rings (SSSR count). The molecule has 0 heterocycles. The van der Waals surface area contributed by atoms with Crippen LogP contribution < -0.4 is 0 Å². The Balaban J connectivity index is 1.74. The predicted molar refractivity (Wildman–Crippen MR) is 126 cm³/mol. The second kappa shape index (κ2) is 7.88. The summed E-state index contributed by atoms with van der Waals surface area (Å²) in [5.41, 5.74) is 0.590. The summed E-state index contributed by atoms with van der Waals surface area (Å²) in [6.45, 7) is 0. The first-order chi connectivity index (χ1) is 15.6. The van der Waals surface area contributed by atoms with Gasteiger partial charge in [-0.25, -0.2) is 0 Å². The van der Waals surface area contributed by atoms with Crippen molar-refractivity contribution in [3.05, 3.63) is 143 Å². The van der Waals surface area contributed by atoms with Crippen molar-refractivity contribution < 1.29 is 10.2 Å². The van der Waals surface area contributed by atoms with Crippen molar-refractivity contribution in [2.45, 2.75) is 11.2 Å². The van der Waals surface area contributed by atoms with E-state index in [0.29, 0.717) is 22.3 Å². The van der Waals surface area contributed by atoms with Gasteiger partial charge in [0, 0.05) is 33.4 Å². The lowest BCUT2D eigenvalue weighted by molar-refractivity contribution is 0.0944. The summed E-state index contributed by atoms with van der Waals surface area (Å²) in [6.07, 6.45) is 0. The Bertz CT molecular complexity index is 1240. The molecule has 0 aromatic heterocycles. The summed E-state index contributed by atoms with van der Waals surface area (Å²) in [5, 5.41) is 23.8. The molecule has 1 aliphatic carbocycles. The number of hydrogen-bond donors (Lipinski definition) is 2. The van der Waals surface area contributed by atoms with Crippen molar-refractivity contribution in [2.24, 2.45) is 0 Å². The molecule has 0 saturated carbocycles. The molecule has 0 aliphatic heterocycles. The SMILES string of the molecule is OC1(C#Cc2ccccc2)c2ccccc2C(O)(C#Cc2ccccc2)c2ccccc21. The van der Waals surface area contributed by atoms with Gasteiger partial charge < -0.3 is 10.2 Å². The van der Waals surface area contributed by atoms with Gasteiger partial charge in [-0.05, 0) is 24.3 Å². The number of rotatable bonds is 0. The Morgan fingerprint density at radius 2 is 0.688 bits per heavy atom. The number of fused-ring (bicyclic) bond motifs is 2. The molecule has 2 heteroatoms. The lowest BCUT2D eigenvalue weighted by Crippen LogP contribution is -2.41. The van der Waals surface area contributed by atoms with E-state index in [4.69, 9.17) is 0 Å². The van der Waals surface area contributed by atoms with E-state index >= 15 is 0 Å². The van der Waals surface area contributed by atoms with Crippen LogP contribution in [0.1, 0.15) is 33.4 Å². The first-order valence-corrected chi connectivity index (χ1v) is 10.4. The summed E-state index contributed by atoms with van der Waals surface area (Å²) in [7, 11) is 0. The summed E-state index contributed by atoms with van der Waals surface area (Å²) < 4.78 is 0. The topological polar surface area (TPSA) is 40.5 Å². The van der Waals surface area contributed by atoms with Crippen molar-refractivity contribution in [1.82, 2.24) is 0 Å². The van der Waals surface area contributed by atoms with Gasteiger partial charge in [0.05, 0.1) is 0 Å². The van der Waals surface area contributed by atoms with Gasteiger partial charge in [-0.3, -0.25) is 0 Å². The van der Waals surface area contributed by atoms with Crippen LogP contribution in [0.25, 0.3) is 0 Å². The maximum absolute atomic E-state index is 11.9. The van der Waals surface area contributed by atoms with E-state index in [1.807, 2.05) is 84.9 Å². The molecule has 0 saturated heterocycles. The molecule has 0 bridgehead atoms.